The maximum atomic E-state index is 6.10. The standard InChI is InChI=1S/C28H21N5OS/c1-19-11-13-20(14-12-19)24-18-35-28(30-24)31-29-16-22-17-33(23-8-3-2-4-9-23)32-27(22)26-15-21-7-5-6-10-25(21)34-26/h2-18H,1H3,(H,30,31)/b29-16+. The molecule has 0 saturated carbocycles. The van der Waals surface area contributed by atoms with Gasteiger partial charge in [-0.2, -0.15) is 10.2 Å². The minimum atomic E-state index is 0.693. The number of hydrazone groups is 1. The van der Waals surface area contributed by atoms with Gasteiger partial charge < -0.3 is 4.42 Å². The molecule has 3 heterocycles. The molecule has 0 saturated heterocycles. The van der Waals surface area contributed by atoms with E-state index in [4.69, 9.17) is 9.52 Å². The van der Waals surface area contributed by atoms with Gasteiger partial charge in [-0.25, -0.2) is 9.67 Å². The van der Waals surface area contributed by atoms with Gasteiger partial charge in [-0.05, 0) is 31.2 Å². The van der Waals surface area contributed by atoms with Crippen molar-refractivity contribution >= 4 is 33.7 Å². The molecule has 1 N–H and O–H groups in total. The Kier molecular flexibility index (Phi) is 5.44. The third-order valence-electron chi connectivity index (χ3n) is 5.64. The molecule has 170 valence electrons. The van der Waals surface area contributed by atoms with Crippen LogP contribution in [0.25, 0.3) is 39.4 Å². The molecule has 35 heavy (non-hydrogen) atoms. The molecule has 6 nitrogen and oxygen atoms in total. The van der Waals surface area contributed by atoms with Crippen LogP contribution in [0.2, 0.25) is 0 Å². The predicted octanol–water partition coefficient (Wildman–Crippen LogP) is 7.16. The van der Waals surface area contributed by atoms with Gasteiger partial charge >= 0.3 is 0 Å². The normalized spacial score (nSPS) is 11.5. The van der Waals surface area contributed by atoms with Gasteiger partial charge in [-0.15, -0.1) is 11.3 Å². The van der Waals surface area contributed by atoms with Crippen molar-refractivity contribution in [1.29, 1.82) is 0 Å². The van der Waals surface area contributed by atoms with Gasteiger partial charge in [0.15, 0.2) is 5.76 Å². The fraction of sp³-hybridized carbons (Fsp3) is 0.0357. The highest BCUT2D eigenvalue weighted by atomic mass is 32.1. The lowest BCUT2D eigenvalue weighted by molar-refractivity contribution is 0.627. The van der Waals surface area contributed by atoms with Gasteiger partial charge in [-0.1, -0.05) is 66.2 Å². The van der Waals surface area contributed by atoms with E-state index in [-0.39, 0.29) is 0 Å². The molecule has 0 radical (unpaired) electrons. The summed E-state index contributed by atoms with van der Waals surface area (Å²) < 4.78 is 7.94. The molecule has 7 heteroatoms. The van der Waals surface area contributed by atoms with Crippen molar-refractivity contribution in [1.82, 2.24) is 14.8 Å². The van der Waals surface area contributed by atoms with E-state index in [0.29, 0.717) is 5.76 Å². The number of para-hydroxylation sites is 2. The second-order valence-corrected chi connectivity index (χ2v) is 8.99. The summed E-state index contributed by atoms with van der Waals surface area (Å²) in [5.41, 5.74) is 9.62. The topological polar surface area (TPSA) is 68.2 Å². The van der Waals surface area contributed by atoms with E-state index in [1.54, 1.807) is 6.21 Å². The highest BCUT2D eigenvalue weighted by Crippen LogP contribution is 2.29. The number of hydrogen-bond donors (Lipinski definition) is 1. The van der Waals surface area contributed by atoms with Crippen LogP contribution in [0.4, 0.5) is 5.13 Å². The van der Waals surface area contributed by atoms with E-state index in [1.165, 1.54) is 16.9 Å². The second-order valence-electron chi connectivity index (χ2n) is 8.14. The third-order valence-corrected chi connectivity index (χ3v) is 6.38. The number of hydrogen-bond acceptors (Lipinski definition) is 6. The Morgan fingerprint density at radius 3 is 2.60 bits per heavy atom. The smallest absolute Gasteiger partial charge is 0.203 e. The Hall–Kier alpha value is -4.49. The number of rotatable bonds is 6. The molecule has 3 aromatic carbocycles. The zero-order chi connectivity index (χ0) is 23.6. The molecule has 6 rings (SSSR count). The van der Waals surface area contributed by atoms with Crippen LogP contribution < -0.4 is 5.43 Å². The summed E-state index contributed by atoms with van der Waals surface area (Å²) in [6.07, 6.45) is 3.70. The summed E-state index contributed by atoms with van der Waals surface area (Å²) >= 11 is 1.51. The number of aryl methyl sites for hydroxylation is 1. The minimum Gasteiger partial charge on any atom is -0.454 e. The van der Waals surface area contributed by atoms with Crippen molar-refractivity contribution in [2.24, 2.45) is 5.10 Å². The summed E-state index contributed by atoms with van der Waals surface area (Å²) in [5, 5.41) is 13.0. The van der Waals surface area contributed by atoms with Crippen LogP contribution in [0.15, 0.2) is 106 Å². The number of anilines is 1. The predicted molar refractivity (Wildman–Crippen MR) is 142 cm³/mol. The lowest BCUT2D eigenvalue weighted by Crippen LogP contribution is -1.93. The van der Waals surface area contributed by atoms with Crippen molar-refractivity contribution < 1.29 is 4.42 Å². The molecule has 0 atom stereocenters. The summed E-state index contributed by atoms with van der Waals surface area (Å²) in [7, 11) is 0. The molecule has 0 aliphatic heterocycles. The lowest BCUT2D eigenvalue weighted by atomic mass is 10.1. The van der Waals surface area contributed by atoms with Crippen molar-refractivity contribution in [3.63, 3.8) is 0 Å². The van der Waals surface area contributed by atoms with E-state index in [9.17, 15) is 0 Å². The molecular formula is C28H21N5OS. The average molecular weight is 476 g/mol. The van der Waals surface area contributed by atoms with Crippen molar-refractivity contribution in [3.05, 3.63) is 108 Å². The second kappa shape index (κ2) is 9.04. The fourth-order valence-electron chi connectivity index (χ4n) is 3.82. The van der Waals surface area contributed by atoms with Crippen LogP contribution in [0.1, 0.15) is 11.1 Å². The Bertz CT molecular complexity index is 1590. The number of nitrogens with one attached hydrogen (secondary N) is 1. The third kappa shape index (κ3) is 4.37. The molecule has 0 spiro atoms. The maximum Gasteiger partial charge on any atom is 0.203 e. The van der Waals surface area contributed by atoms with E-state index in [0.717, 1.165) is 44.3 Å². The first-order valence-corrected chi connectivity index (χ1v) is 12.1. The van der Waals surface area contributed by atoms with Gasteiger partial charge in [0.05, 0.1) is 17.6 Å². The van der Waals surface area contributed by atoms with Crippen LogP contribution in [-0.4, -0.2) is 21.0 Å². The molecule has 0 fully saturated rings. The molecule has 6 aromatic rings. The molecule has 0 amide bonds. The monoisotopic (exact) mass is 475 g/mol. The summed E-state index contributed by atoms with van der Waals surface area (Å²) in [6.45, 7) is 2.08. The van der Waals surface area contributed by atoms with E-state index in [2.05, 4.69) is 46.7 Å². The lowest BCUT2D eigenvalue weighted by Gasteiger charge is -1.98. The Balaban J connectivity index is 1.30. The maximum absolute atomic E-state index is 6.10. The zero-order valence-electron chi connectivity index (χ0n) is 18.9. The summed E-state index contributed by atoms with van der Waals surface area (Å²) in [6, 6.07) is 28.3. The first-order chi connectivity index (χ1) is 17.2. The largest absolute Gasteiger partial charge is 0.454 e. The number of furan rings is 1. The van der Waals surface area contributed by atoms with Crippen LogP contribution >= 0.6 is 11.3 Å². The molecule has 0 unspecified atom stereocenters. The van der Waals surface area contributed by atoms with Gasteiger partial charge in [0.1, 0.15) is 11.3 Å². The van der Waals surface area contributed by atoms with E-state index >= 15 is 0 Å². The Morgan fingerprint density at radius 1 is 0.971 bits per heavy atom. The number of benzene rings is 3. The number of fused-ring (bicyclic) bond motifs is 1. The van der Waals surface area contributed by atoms with E-state index < -0.39 is 0 Å². The average Bonchev–Trinajstić information content (AvgIpc) is 3.63. The van der Waals surface area contributed by atoms with Crippen molar-refractivity contribution in [2.75, 3.05) is 5.43 Å². The van der Waals surface area contributed by atoms with Crippen LogP contribution in [-0.2, 0) is 0 Å². The summed E-state index contributed by atoms with van der Waals surface area (Å²) in [4.78, 5) is 4.66. The van der Waals surface area contributed by atoms with Crippen LogP contribution in [0, 0.1) is 6.92 Å². The molecule has 0 aliphatic carbocycles. The van der Waals surface area contributed by atoms with Crippen LogP contribution in [0.5, 0.6) is 0 Å². The first kappa shape index (κ1) is 21.1. The first-order valence-electron chi connectivity index (χ1n) is 11.2. The number of aromatic nitrogens is 3. The number of thiazole rings is 1. The molecule has 0 bridgehead atoms. The Morgan fingerprint density at radius 2 is 1.77 bits per heavy atom. The summed E-state index contributed by atoms with van der Waals surface area (Å²) in [5.74, 6) is 0.693. The zero-order valence-corrected chi connectivity index (χ0v) is 19.7. The SMILES string of the molecule is Cc1ccc(-c2csc(N/N=C/c3cn(-c4ccccc4)nc3-c3cc4ccccc4o3)n2)cc1. The van der Waals surface area contributed by atoms with Crippen molar-refractivity contribution in [2.45, 2.75) is 6.92 Å². The minimum absolute atomic E-state index is 0.693. The molecule has 3 aromatic heterocycles. The van der Waals surface area contributed by atoms with E-state index in [1.807, 2.05) is 76.9 Å². The number of nitrogens with zero attached hydrogens (tertiary/aromatic N) is 4. The van der Waals surface area contributed by atoms with Gasteiger partial charge in [-0.3, -0.25) is 5.43 Å². The Labute approximate surface area is 206 Å². The fourth-order valence-corrected chi connectivity index (χ4v) is 4.49. The van der Waals surface area contributed by atoms with Crippen LogP contribution in [0.3, 0.4) is 0 Å². The van der Waals surface area contributed by atoms with Gasteiger partial charge in [0.2, 0.25) is 5.13 Å². The van der Waals surface area contributed by atoms with Gasteiger partial charge in [0.25, 0.3) is 0 Å². The van der Waals surface area contributed by atoms with Gasteiger partial charge in [0, 0.05) is 28.1 Å². The van der Waals surface area contributed by atoms with Crippen molar-refractivity contribution in [3.8, 4) is 28.4 Å². The highest BCUT2D eigenvalue weighted by Gasteiger charge is 2.15. The molecular weight excluding hydrogens is 454 g/mol. The molecule has 0 aliphatic rings. The highest BCUT2D eigenvalue weighted by molar-refractivity contribution is 7.14. The quantitative estimate of drug-likeness (QED) is 0.205.